The highest BCUT2D eigenvalue weighted by molar-refractivity contribution is 5.95. The second-order valence-electron chi connectivity index (χ2n) is 5.08. The number of amides is 1. The molecule has 0 aliphatic carbocycles. The van der Waals surface area contributed by atoms with Gasteiger partial charge in [-0.05, 0) is 31.9 Å². The smallest absolute Gasteiger partial charge is 0.271 e. The topological polar surface area (TPSA) is 77.2 Å². The molecule has 5 nitrogen and oxygen atoms in total. The number of carbonyl (C=O) groups is 1. The van der Waals surface area contributed by atoms with Gasteiger partial charge in [0, 0.05) is 12.8 Å². The van der Waals surface area contributed by atoms with E-state index in [1.54, 1.807) is 18.3 Å². The van der Waals surface area contributed by atoms with Gasteiger partial charge in [-0.25, -0.2) is 4.98 Å². The molecule has 0 spiro atoms. The molecule has 20 heavy (non-hydrogen) atoms. The van der Waals surface area contributed by atoms with Crippen molar-refractivity contribution in [1.29, 1.82) is 0 Å². The maximum atomic E-state index is 12.4. The van der Waals surface area contributed by atoms with Gasteiger partial charge in [-0.1, -0.05) is 11.8 Å². The molecule has 1 aliphatic rings. The molecule has 0 aromatic carbocycles. The molecule has 0 bridgehead atoms. The fourth-order valence-electron chi connectivity index (χ4n) is 2.20. The molecule has 2 rings (SSSR count). The van der Waals surface area contributed by atoms with E-state index in [-0.39, 0.29) is 18.0 Å². The summed E-state index contributed by atoms with van der Waals surface area (Å²) in [5, 5.41) is 3.00. The average Bonchev–Trinajstić information content (AvgIpc) is 2.45. The summed E-state index contributed by atoms with van der Waals surface area (Å²) in [6, 6.07) is 3.52. The van der Waals surface area contributed by atoms with Crippen molar-refractivity contribution >= 4 is 5.91 Å². The number of hydrogen-bond acceptors (Lipinski definition) is 4. The largest absolute Gasteiger partial charge is 0.379 e. The number of hydrogen-bond donors (Lipinski definition) is 2. The first-order valence-electron chi connectivity index (χ1n) is 6.69. The minimum Gasteiger partial charge on any atom is -0.379 e. The number of rotatable bonds is 2. The van der Waals surface area contributed by atoms with Crippen LogP contribution in [-0.4, -0.2) is 36.2 Å². The normalized spacial score (nSPS) is 21.7. The quantitative estimate of drug-likeness (QED) is 0.777. The number of aromatic nitrogens is 1. The van der Waals surface area contributed by atoms with E-state index in [0.717, 1.165) is 19.4 Å². The third kappa shape index (κ3) is 3.56. The molecule has 1 aromatic rings. The minimum absolute atomic E-state index is 0.222. The van der Waals surface area contributed by atoms with Crippen LogP contribution >= 0.6 is 0 Å². The summed E-state index contributed by atoms with van der Waals surface area (Å²) >= 11 is 0. The Labute approximate surface area is 118 Å². The van der Waals surface area contributed by atoms with Crippen molar-refractivity contribution < 1.29 is 9.53 Å². The lowest BCUT2D eigenvalue weighted by molar-refractivity contribution is 0.0271. The molecule has 3 N–H and O–H groups in total. The zero-order valence-electron chi connectivity index (χ0n) is 11.6. The molecule has 2 heterocycles. The zero-order chi connectivity index (χ0) is 14.4. The fourth-order valence-corrected chi connectivity index (χ4v) is 2.20. The van der Waals surface area contributed by atoms with Crippen molar-refractivity contribution in [1.82, 2.24) is 10.3 Å². The maximum Gasteiger partial charge on any atom is 0.271 e. The fraction of sp³-hybridized carbons (Fsp3) is 0.467. The van der Waals surface area contributed by atoms with Crippen molar-refractivity contribution in [3.8, 4) is 11.8 Å². The van der Waals surface area contributed by atoms with E-state index in [1.165, 1.54) is 0 Å². The van der Waals surface area contributed by atoms with E-state index in [9.17, 15) is 4.79 Å². The van der Waals surface area contributed by atoms with Crippen LogP contribution in [0.3, 0.4) is 0 Å². The zero-order valence-corrected chi connectivity index (χ0v) is 11.6. The van der Waals surface area contributed by atoms with Crippen LogP contribution in [0.4, 0.5) is 0 Å². The Morgan fingerprint density at radius 2 is 2.50 bits per heavy atom. The van der Waals surface area contributed by atoms with Crippen LogP contribution in [0.15, 0.2) is 18.3 Å². The van der Waals surface area contributed by atoms with Crippen LogP contribution in [-0.2, 0) is 4.74 Å². The van der Waals surface area contributed by atoms with Crippen molar-refractivity contribution in [2.75, 3.05) is 19.8 Å². The third-order valence-electron chi connectivity index (χ3n) is 3.20. The van der Waals surface area contributed by atoms with E-state index in [2.05, 4.69) is 22.1 Å². The van der Waals surface area contributed by atoms with Crippen molar-refractivity contribution in [3.05, 3.63) is 29.6 Å². The molecule has 0 saturated carbocycles. The second kappa shape index (κ2) is 6.51. The first-order chi connectivity index (χ1) is 9.64. The number of nitrogens with two attached hydrogens (primary N) is 1. The van der Waals surface area contributed by atoms with Gasteiger partial charge in [-0.15, -0.1) is 0 Å². The first-order valence-corrected chi connectivity index (χ1v) is 6.69. The Balaban J connectivity index is 2.16. The Hall–Kier alpha value is -1.90. The molecule has 106 valence electrons. The summed E-state index contributed by atoms with van der Waals surface area (Å²) in [7, 11) is 0. The van der Waals surface area contributed by atoms with Gasteiger partial charge in [0.25, 0.3) is 5.91 Å². The first kappa shape index (κ1) is 14.5. The van der Waals surface area contributed by atoms with E-state index in [4.69, 9.17) is 10.5 Å². The second-order valence-corrected chi connectivity index (χ2v) is 5.08. The SMILES string of the molecule is CC1(NC(=O)c2ncccc2C#CCN)CCCOC1. The summed E-state index contributed by atoms with van der Waals surface area (Å²) < 4.78 is 5.44. The van der Waals surface area contributed by atoms with Crippen LogP contribution < -0.4 is 11.1 Å². The van der Waals surface area contributed by atoms with Gasteiger partial charge in [-0.3, -0.25) is 4.79 Å². The van der Waals surface area contributed by atoms with Gasteiger partial charge in [0.1, 0.15) is 5.69 Å². The molecule has 1 aliphatic heterocycles. The van der Waals surface area contributed by atoms with Gasteiger partial charge < -0.3 is 15.8 Å². The summed E-state index contributed by atoms with van der Waals surface area (Å²) in [6.45, 7) is 3.51. The van der Waals surface area contributed by atoms with Crippen LogP contribution in [0.5, 0.6) is 0 Å². The third-order valence-corrected chi connectivity index (χ3v) is 3.20. The highest BCUT2D eigenvalue weighted by Gasteiger charge is 2.30. The van der Waals surface area contributed by atoms with E-state index in [0.29, 0.717) is 17.9 Å². The van der Waals surface area contributed by atoms with Crippen molar-refractivity contribution in [3.63, 3.8) is 0 Å². The Morgan fingerprint density at radius 3 is 3.20 bits per heavy atom. The highest BCUT2D eigenvalue weighted by atomic mass is 16.5. The van der Waals surface area contributed by atoms with E-state index >= 15 is 0 Å². The minimum atomic E-state index is -0.342. The standard InChI is InChI=1S/C15H19N3O2/c1-15(7-4-10-20-11-15)18-14(19)13-12(5-2-8-16)6-3-9-17-13/h3,6,9H,4,7-8,10-11,16H2,1H3,(H,18,19). The molecule has 1 fully saturated rings. The molecule has 1 saturated heterocycles. The molecular weight excluding hydrogens is 254 g/mol. The monoisotopic (exact) mass is 273 g/mol. The van der Waals surface area contributed by atoms with Gasteiger partial charge in [0.2, 0.25) is 0 Å². The molecular formula is C15H19N3O2. The van der Waals surface area contributed by atoms with Crippen molar-refractivity contribution in [2.45, 2.75) is 25.3 Å². The Kier molecular flexibility index (Phi) is 4.72. The lowest BCUT2D eigenvalue weighted by atomic mass is 9.94. The van der Waals surface area contributed by atoms with E-state index < -0.39 is 0 Å². The maximum absolute atomic E-state index is 12.4. The van der Waals surface area contributed by atoms with Gasteiger partial charge in [-0.2, -0.15) is 0 Å². The highest BCUT2D eigenvalue weighted by Crippen LogP contribution is 2.19. The van der Waals surface area contributed by atoms with Gasteiger partial charge >= 0.3 is 0 Å². The van der Waals surface area contributed by atoms with E-state index in [1.807, 2.05) is 6.92 Å². The molecule has 1 atom stereocenters. The molecule has 1 amide bonds. The van der Waals surface area contributed by atoms with Crippen molar-refractivity contribution in [2.24, 2.45) is 5.73 Å². The van der Waals surface area contributed by atoms with Crippen LogP contribution in [0.2, 0.25) is 0 Å². The molecule has 1 aromatic heterocycles. The Bertz CT molecular complexity index is 540. The summed E-state index contributed by atoms with van der Waals surface area (Å²) in [5.74, 6) is 5.40. The summed E-state index contributed by atoms with van der Waals surface area (Å²) in [5.41, 5.74) is 5.95. The lowest BCUT2D eigenvalue weighted by Crippen LogP contribution is -2.51. The number of ether oxygens (including phenoxy) is 1. The van der Waals surface area contributed by atoms with Gasteiger partial charge in [0.05, 0.1) is 24.3 Å². The summed E-state index contributed by atoms with van der Waals surface area (Å²) in [4.78, 5) is 16.5. The number of carbonyl (C=O) groups excluding carboxylic acids is 1. The summed E-state index contributed by atoms with van der Waals surface area (Å²) in [6.07, 6.45) is 3.43. The van der Waals surface area contributed by atoms with Crippen LogP contribution in [0.25, 0.3) is 0 Å². The number of nitrogens with zero attached hydrogens (tertiary/aromatic N) is 1. The molecule has 0 radical (unpaired) electrons. The van der Waals surface area contributed by atoms with Gasteiger partial charge in [0.15, 0.2) is 0 Å². The molecule has 5 heteroatoms. The molecule has 1 unspecified atom stereocenters. The average molecular weight is 273 g/mol. The number of pyridine rings is 1. The number of nitrogens with one attached hydrogen (secondary N) is 1. The predicted molar refractivity (Wildman–Crippen MR) is 76.1 cm³/mol. The van der Waals surface area contributed by atoms with Crippen LogP contribution in [0, 0.1) is 11.8 Å². The van der Waals surface area contributed by atoms with Crippen LogP contribution in [0.1, 0.15) is 35.8 Å². The predicted octanol–water partition coefficient (Wildman–Crippen LogP) is 0.691. The Morgan fingerprint density at radius 1 is 1.65 bits per heavy atom. The lowest BCUT2D eigenvalue weighted by Gasteiger charge is -2.34.